The summed E-state index contributed by atoms with van der Waals surface area (Å²) in [6, 6.07) is 54.1. The van der Waals surface area contributed by atoms with Crippen LogP contribution in [-0.2, 0) is 0 Å². The highest BCUT2D eigenvalue weighted by Crippen LogP contribution is 2.44. The molecule has 0 radical (unpaired) electrons. The maximum absolute atomic E-state index is 10.2. The van der Waals surface area contributed by atoms with Gasteiger partial charge in [0.05, 0.1) is 56.7 Å². The van der Waals surface area contributed by atoms with Crippen LogP contribution >= 0.6 is 0 Å². The number of benzene rings is 7. The Morgan fingerprint density at radius 3 is 1.69 bits per heavy atom. The Morgan fingerprint density at radius 1 is 0.408 bits per heavy atom. The molecule has 3 heterocycles. The van der Waals surface area contributed by atoms with Gasteiger partial charge in [0, 0.05) is 43.4 Å². The Labute approximate surface area is 280 Å². The number of para-hydroxylation sites is 4. The Bertz CT molecular complexity index is 3030. The van der Waals surface area contributed by atoms with E-state index in [9.17, 15) is 10.5 Å². The molecule has 0 atom stereocenters. The molecule has 0 saturated heterocycles. The fourth-order valence-corrected chi connectivity index (χ4v) is 7.75. The van der Waals surface area contributed by atoms with Crippen molar-refractivity contribution in [3.05, 3.63) is 157 Å². The minimum atomic E-state index is 0.550. The molecule has 49 heavy (non-hydrogen) atoms. The zero-order valence-electron chi connectivity index (χ0n) is 26.1. The molecule has 10 aromatic rings. The number of rotatable bonds is 3. The smallest absolute Gasteiger partial charge is 0.136 e. The second-order valence-corrected chi connectivity index (χ2v) is 12.3. The van der Waals surface area contributed by atoms with Gasteiger partial charge in [-0.15, -0.1) is 0 Å². The molecule has 0 N–H and O–H groups in total. The number of nitriles is 2. The fraction of sp³-hybridized carbons (Fsp3) is 0. The lowest BCUT2D eigenvalue weighted by atomic mass is 9.97. The van der Waals surface area contributed by atoms with Crippen LogP contribution in [0, 0.1) is 22.7 Å². The van der Waals surface area contributed by atoms with E-state index >= 15 is 0 Å². The van der Waals surface area contributed by atoms with Crippen molar-refractivity contribution in [1.29, 1.82) is 10.5 Å². The molecular weight excluding hydrogens is 601 g/mol. The molecule has 0 aliphatic rings. The molecule has 0 fully saturated rings. The molecular formula is C44H24N4O. The number of hydrogen-bond acceptors (Lipinski definition) is 3. The molecule has 0 saturated carbocycles. The summed E-state index contributed by atoms with van der Waals surface area (Å²) < 4.78 is 10.9. The molecule has 5 nitrogen and oxygen atoms in total. The Kier molecular flexibility index (Phi) is 5.64. The summed E-state index contributed by atoms with van der Waals surface area (Å²) in [6.07, 6.45) is 0. The molecule has 10 rings (SSSR count). The van der Waals surface area contributed by atoms with Crippen LogP contribution in [0.15, 0.2) is 150 Å². The van der Waals surface area contributed by atoms with Crippen LogP contribution in [-0.4, -0.2) is 9.13 Å². The van der Waals surface area contributed by atoms with Gasteiger partial charge < -0.3 is 13.6 Å². The first kappa shape index (κ1) is 27.1. The molecule has 3 aromatic heterocycles. The van der Waals surface area contributed by atoms with E-state index in [-0.39, 0.29) is 0 Å². The lowest BCUT2D eigenvalue weighted by Crippen LogP contribution is -2.02. The van der Waals surface area contributed by atoms with E-state index < -0.39 is 0 Å². The number of aromatic nitrogens is 2. The van der Waals surface area contributed by atoms with Gasteiger partial charge in [-0.1, -0.05) is 78.9 Å². The van der Waals surface area contributed by atoms with Crippen LogP contribution in [0.4, 0.5) is 0 Å². The average molecular weight is 625 g/mol. The van der Waals surface area contributed by atoms with Gasteiger partial charge in [-0.05, 0) is 66.7 Å². The van der Waals surface area contributed by atoms with Gasteiger partial charge in [0.1, 0.15) is 11.2 Å². The van der Waals surface area contributed by atoms with E-state index in [1.807, 2.05) is 60.7 Å². The third-order valence-corrected chi connectivity index (χ3v) is 9.78. The van der Waals surface area contributed by atoms with Crippen LogP contribution in [0.3, 0.4) is 0 Å². The highest BCUT2D eigenvalue weighted by atomic mass is 16.3. The summed E-state index contributed by atoms with van der Waals surface area (Å²) in [5.74, 6) is 0. The first-order valence-corrected chi connectivity index (χ1v) is 16.1. The maximum Gasteiger partial charge on any atom is 0.136 e. The highest BCUT2D eigenvalue weighted by molar-refractivity contribution is 6.27. The van der Waals surface area contributed by atoms with Crippen molar-refractivity contribution in [3.8, 4) is 34.6 Å². The molecule has 0 spiro atoms. The van der Waals surface area contributed by atoms with E-state index in [0.29, 0.717) is 11.1 Å². The second kappa shape index (κ2) is 10.2. The lowest BCUT2D eigenvalue weighted by Gasteiger charge is -2.19. The summed E-state index contributed by atoms with van der Waals surface area (Å²) >= 11 is 0. The number of furan rings is 1. The van der Waals surface area contributed by atoms with Gasteiger partial charge in [0.2, 0.25) is 0 Å². The van der Waals surface area contributed by atoms with Crippen molar-refractivity contribution < 1.29 is 4.42 Å². The highest BCUT2D eigenvalue weighted by Gasteiger charge is 2.23. The fourth-order valence-electron chi connectivity index (χ4n) is 7.75. The summed E-state index contributed by atoms with van der Waals surface area (Å²) in [5.41, 5.74) is 10.6. The minimum Gasteiger partial charge on any atom is -0.456 e. The SMILES string of the molecule is N#Cc1ccc(-n2c3ccccc3c3ccccc32)c(-c2ccc(C#N)cc2-n2c3ccccc3c3c4c(ccc32)oc2ccccc24)c1. The van der Waals surface area contributed by atoms with E-state index in [1.54, 1.807) is 0 Å². The first-order valence-electron chi connectivity index (χ1n) is 16.1. The third kappa shape index (κ3) is 3.79. The predicted molar refractivity (Wildman–Crippen MR) is 197 cm³/mol. The van der Waals surface area contributed by atoms with Gasteiger partial charge in [-0.2, -0.15) is 10.5 Å². The number of fused-ring (bicyclic) bond motifs is 10. The molecule has 7 aromatic carbocycles. The van der Waals surface area contributed by atoms with Crippen molar-refractivity contribution in [2.24, 2.45) is 0 Å². The van der Waals surface area contributed by atoms with Crippen molar-refractivity contribution in [3.63, 3.8) is 0 Å². The quantitative estimate of drug-likeness (QED) is 0.196. The molecule has 5 heteroatoms. The summed E-state index contributed by atoms with van der Waals surface area (Å²) in [4.78, 5) is 0. The first-order chi connectivity index (χ1) is 24.2. The monoisotopic (exact) mass is 624 g/mol. The van der Waals surface area contributed by atoms with Crippen LogP contribution in [0.5, 0.6) is 0 Å². The summed E-state index contributed by atoms with van der Waals surface area (Å²) in [7, 11) is 0. The molecule has 0 bridgehead atoms. The third-order valence-electron chi connectivity index (χ3n) is 9.78. The standard InChI is InChI=1S/C44H24N4O/c45-25-27-18-20-38(47-35-13-5-1-9-29(35)30-10-2-6-14-36(30)47)34(23-27)31-19-17-28(26-46)24-40(31)48-37-15-7-3-11-32(37)43-39(48)21-22-42-44(43)33-12-4-8-16-41(33)49-42/h1-24H. The van der Waals surface area contributed by atoms with Gasteiger partial charge >= 0.3 is 0 Å². The predicted octanol–water partition coefficient (Wildman–Crippen LogP) is 11.2. The van der Waals surface area contributed by atoms with E-state index in [1.165, 1.54) is 0 Å². The largest absolute Gasteiger partial charge is 0.456 e. The van der Waals surface area contributed by atoms with Gasteiger partial charge in [0.15, 0.2) is 0 Å². The van der Waals surface area contributed by atoms with Crippen molar-refractivity contribution >= 4 is 65.6 Å². The molecule has 0 aliphatic carbocycles. The summed E-state index contributed by atoms with van der Waals surface area (Å²) in [6.45, 7) is 0. The molecule has 0 amide bonds. The van der Waals surface area contributed by atoms with Crippen LogP contribution < -0.4 is 0 Å². The zero-order chi connectivity index (χ0) is 32.6. The number of hydrogen-bond donors (Lipinski definition) is 0. The summed E-state index contributed by atoms with van der Waals surface area (Å²) in [5, 5.41) is 27.0. The van der Waals surface area contributed by atoms with E-state index in [0.717, 1.165) is 88.1 Å². The Morgan fingerprint density at radius 2 is 0.980 bits per heavy atom. The second-order valence-electron chi connectivity index (χ2n) is 12.3. The van der Waals surface area contributed by atoms with Gasteiger partial charge in [-0.25, -0.2) is 0 Å². The Balaban J connectivity index is 1.35. The molecule has 0 unspecified atom stereocenters. The van der Waals surface area contributed by atoms with Crippen molar-refractivity contribution in [1.82, 2.24) is 9.13 Å². The zero-order valence-corrected chi connectivity index (χ0v) is 26.1. The van der Waals surface area contributed by atoms with Crippen LogP contribution in [0.25, 0.3) is 88.1 Å². The molecule has 226 valence electrons. The van der Waals surface area contributed by atoms with Crippen LogP contribution in [0.2, 0.25) is 0 Å². The minimum absolute atomic E-state index is 0.550. The van der Waals surface area contributed by atoms with Crippen molar-refractivity contribution in [2.45, 2.75) is 0 Å². The molecule has 0 aliphatic heterocycles. The van der Waals surface area contributed by atoms with Crippen molar-refractivity contribution in [2.75, 3.05) is 0 Å². The lowest BCUT2D eigenvalue weighted by molar-refractivity contribution is 0.669. The van der Waals surface area contributed by atoms with E-state index in [4.69, 9.17) is 4.42 Å². The topological polar surface area (TPSA) is 70.6 Å². The maximum atomic E-state index is 10.2. The van der Waals surface area contributed by atoms with Gasteiger partial charge in [0.25, 0.3) is 0 Å². The number of nitrogens with zero attached hydrogens (tertiary/aromatic N) is 4. The average Bonchev–Trinajstić information content (AvgIpc) is 3.82. The normalized spacial score (nSPS) is 11.6. The van der Waals surface area contributed by atoms with E-state index in [2.05, 4.69) is 106 Å². The van der Waals surface area contributed by atoms with Crippen LogP contribution in [0.1, 0.15) is 11.1 Å². The van der Waals surface area contributed by atoms with Gasteiger partial charge in [-0.3, -0.25) is 0 Å². The Hall–Kier alpha value is -7.08.